The Morgan fingerprint density at radius 2 is 2.04 bits per heavy atom. The molecule has 0 aliphatic carbocycles. The van der Waals surface area contributed by atoms with E-state index < -0.39 is 0 Å². The maximum Gasteiger partial charge on any atom is 0.254 e. The van der Waals surface area contributed by atoms with E-state index in [0.29, 0.717) is 17.9 Å². The number of carbonyl (C=O) groups excluding carboxylic acids is 1. The van der Waals surface area contributed by atoms with Crippen molar-refractivity contribution in [2.45, 2.75) is 19.4 Å². The smallest absolute Gasteiger partial charge is 0.254 e. The molecule has 0 unspecified atom stereocenters. The number of rotatable bonds is 8. The summed E-state index contributed by atoms with van der Waals surface area (Å²) in [6.07, 6.45) is 3.04. The van der Waals surface area contributed by atoms with E-state index in [-0.39, 0.29) is 24.9 Å². The lowest BCUT2D eigenvalue weighted by atomic mass is 10.2. The Morgan fingerprint density at radius 3 is 2.70 bits per heavy atom. The van der Waals surface area contributed by atoms with E-state index in [0.717, 1.165) is 40.9 Å². The lowest BCUT2D eigenvalue weighted by Gasteiger charge is -2.04. The van der Waals surface area contributed by atoms with Crippen LogP contribution < -0.4 is 20.5 Å². The number of halogens is 1. The summed E-state index contributed by atoms with van der Waals surface area (Å²) in [6, 6.07) is 7.53. The number of hydrogen-bond donors (Lipinski definition) is 3. The second kappa shape index (κ2) is 9.34. The number of methoxy groups -OCH3 is 2. The maximum absolute atomic E-state index is 12.0. The maximum atomic E-state index is 12.0. The monoisotopic (exact) mass is 393 g/mol. The van der Waals surface area contributed by atoms with Crippen LogP contribution in [0.4, 0.5) is 0 Å². The van der Waals surface area contributed by atoms with Crippen molar-refractivity contribution < 1.29 is 18.7 Å². The molecule has 0 saturated carbocycles. The van der Waals surface area contributed by atoms with Gasteiger partial charge in [0.05, 0.1) is 31.8 Å². The first kappa shape index (κ1) is 20.7. The van der Waals surface area contributed by atoms with Gasteiger partial charge in [0, 0.05) is 29.8 Å². The highest BCUT2D eigenvalue weighted by molar-refractivity contribution is 5.94. The van der Waals surface area contributed by atoms with Gasteiger partial charge in [0.25, 0.3) is 5.91 Å². The van der Waals surface area contributed by atoms with Crippen LogP contribution >= 0.6 is 12.4 Å². The first-order chi connectivity index (χ1) is 12.6. The first-order valence-corrected chi connectivity index (χ1v) is 8.44. The van der Waals surface area contributed by atoms with Crippen LogP contribution in [0.1, 0.15) is 28.2 Å². The molecule has 0 bridgehead atoms. The zero-order chi connectivity index (χ0) is 18.5. The molecule has 0 fully saturated rings. The summed E-state index contributed by atoms with van der Waals surface area (Å²) in [4.78, 5) is 15.4. The van der Waals surface area contributed by atoms with E-state index in [1.165, 1.54) is 6.26 Å². The lowest BCUT2D eigenvalue weighted by Crippen LogP contribution is -2.24. The minimum atomic E-state index is -0.156. The van der Waals surface area contributed by atoms with Crippen molar-refractivity contribution in [1.82, 2.24) is 10.3 Å². The summed E-state index contributed by atoms with van der Waals surface area (Å²) in [7, 11) is 3.27. The van der Waals surface area contributed by atoms with Gasteiger partial charge in [-0.3, -0.25) is 4.79 Å². The summed E-state index contributed by atoms with van der Waals surface area (Å²) in [6.45, 7) is 0.847. The molecule has 1 aromatic carbocycles. The van der Waals surface area contributed by atoms with Gasteiger partial charge < -0.3 is 29.9 Å². The summed E-state index contributed by atoms with van der Waals surface area (Å²) >= 11 is 0. The number of amides is 1. The van der Waals surface area contributed by atoms with Crippen LogP contribution in [0.15, 0.2) is 34.9 Å². The molecule has 3 rings (SSSR count). The number of benzene rings is 1. The van der Waals surface area contributed by atoms with Crippen LogP contribution in [-0.2, 0) is 13.0 Å². The highest BCUT2D eigenvalue weighted by Gasteiger charge is 2.11. The average molecular weight is 394 g/mol. The number of ether oxygens (including phenoxy) is 2. The van der Waals surface area contributed by atoms with Gasteiger partial charge >= 0.3 is 0 Å². The Morgan fingerprint density at radius 1 is 1.22 bits per heavy atom. The number of nitrogens with one attached hydrogen (secondary N) is 2. The first-order valence-electron chi connectivity index (χ1n) is 8.44. The molecule has 2 heterocycles. The molecule has 4 N–H and O–H groups in total. The van der Waals surface area contributed by atoms with Gasteiger partial charge in [-0.2, -0.15) is 0 Å². The number of furan rings is 1. The van der Waals surface area contributed by atoms with Crippen molar-refractivity contribution in [2.75, 3.05) is 20.8 Å². The summed E-state index contributed by atoms with van der Waals surface area (Å²) < 4.78 is 15.9. The molecule has 0 spiro atoms. The molecule has 0 saturated heterocycles. The van der Waals surface area contributed by atoms with Gasteiger partial charge in [-0.25, -0.2) is 0 Å². The van der Waals surface area contributed by atoms with Crippen molar-refractivity contribution in [1.29, 1.82) is 0 Å². The summed E-state index contributed by atoms with van der Waals surface area (Å²) in [5.74, 6) is 1.95. The Balaban J connectivity index is 0.00000261. The Labute approximate surface area is 163 Å². The number of nitrogens with two attached hydrogens (primary N) is 1. The van der Waals surface area contributed by atoms with E-state index >= 15 is 0 Å². The lowest BCUT2D eigenvalue weighted by molar-refractivity contribution is 0.0952. The molecule has 2 aromatic heterocycles. The molecule has 146 valence electrons. The molecule has 8 heteroatoms. The topological polar surface area (TPSA) is 103 Å². The number of carbonyl (C=O) groups is 1. The fraction of sp³-hybridized carbons (Fsp3) is 0.316. The molecular formula is C19H24ClN3O4. The number of H-pyrrole nitrogens is 1. The van der Waals surface area contributed by atoms with Crippen LogP contribution in [0, 0.1) is 0 Å². The minimum Gasteiger partial charge on any atom is -0.497 e. The SMILES string of the molecule is COc1cc(OC)c2cc(CCCNC(=O)c3coc(CN)c3)[nH]c2c1.Cl. The zero-order valence-electron chi connectivity index (χ0n) is 15.3. The molecule has 0 radical (unpaired) electrons. The van der Waals surface area contributed by atoms with Crippen molar-refractivity contribution in [2.24, 2.45) is 5.73 Å². The highest BCUT2D eigenvalue weighted by Crippen LogP contribution is 2.31. The quantitative estimate of drug-likeness (QED) is 0.510. The molecular weight excluding hydrogens is 370 g/mol. The van der Waals surface area contributed by atoms with E-state index in [4.69, 9.17) is 19.6 Å². The Kier molecular flexibility index (Phi) is 7.15. The third kappa shape index (κ3) is 4.75. The van der Waals surface area contributed by atoms with Gasteiger partial charge in [-0.15, -0.1) is 12.4 Å². The molecule has 0 atom stereocenters. The number of hydrogen-bond acceptors (Lipinski definition) is 5. The van der Waals surface area contributed by atoms with Crippen LogP contribution in [0.3, 0.4) is 0 Å². The van der Waals surface area contributed by atoms with Crippen LogP contribution in [0.25, 0.3) is 10.9 Å². The molecule has 0 aliphatic heterocycles. The zero-order valence-corrected chi connectivity index (χ0v) is 16.2. The molecule has 1 amide bonds. The standard InChI is InChI=1S/C19H23N3O4.ClH/c1-24-14-8-17-16(18(9-14)25-2)7-13(22-17)4-3-5-21-19(23)12-6-15(10-20)26-11-12;/h6-9,11,22H,3-5,10,20H2,1-2H3,(H,21,23);1H. The number of aryl methyl sites for hydroxylation is 1. The minimum absolute atomic E-state index is 0. The van der Waals surface area contributed by atoms with Gasteiger partial charge in [0.2, 0.25) is 0 Å². The van der Waals surface area contributed by atoms with Gasteiger partial charge in [-0.1, -0.05) is 0 Å². The normalized spacial score (nSPS) is 10.5. The predicted octanol–water partition coefficient (Wildman–Crippen LogP) is 3.02. The van der Waals surface area contributed by atoms with E-state index in [9.17, 15) is 4.79 Å². The van der Waals surface area contributed by atoms with E-state index in [1.54, 1.807) is 20.3 Å². The third-order valence-electron chi connectivity index (χ3n) is 4.21. The Hall–Kier alpha value is -2.64. The third-order valence-corrected chi connectivity index (χ3v) is 4.21. The number of fused-ring (bicyclic) bond motifs is 1. The fourth-order valence-electron chi connectivity index (χ4n) is 2.85. The average Bonchev–Trinajstić information content (AvgIpc) is 3.30. The second-order valence-electron chi connectivity index (χ2n) is 5.95. The second-order valence-corrected chi connectivity index (χ2v) is 5.95. The molecule has 27 heavy (non-hydrogen) atoms. The largest absolute Gasteiger partial charge is 0.497 e. The van der Waals surface area contributed by atoms with Crippen molar-refractivity contribution in [3.05, 3.63) is 47.5 Å². The Bertz CT molecular complexity index is 904. The summed E-state index contributed by atoms with van der Waals surface area (Å²) in [5.41, 5.74) is 8.01. The van der Waals surface area contributed by atoms with Crippen molar-refractivity contribution >= 4 is 29.2 Å². The number of aromatic amines is 1. The highest BCUT2D eigenvalue weighted by atomic mass is 35.5. The summed E-state index contributed by atoms with van der Waals surface area (Å²) in [5, 5.41) is 3.90. The van der Waals surface area contributed by atoms with Gasteiger partial charge in [0.1, 0.15) is 23.5 Å². The van der Waals surface area contributed by atoms with Gasteiger partial charge in [-0.05, 0) is 25.0 Å². The van der Waals surface area contributed by atoms with E-state index in [2.05, 4.69) is 16.4 Å². The predicted molar refractivity (Wildman–Crippen MR) is 106 cm³/mol. The van der Waals surface area contributed by atoms with Crippen LogP contribution in [0.2, 0.25) is 0 Å². The van der Waals surface area contributed by atoms with Gasteiger partial charge in [0.15, 0.2) is 0 Å². The van der Waals surface area contributed by atoms with Crippen LogP contribution in [-0.4, -0.2) is 31.7 Å². The molecule has 3 aromatic rings. The molecule has 7 nitrogen and oxygen atoms in total. The van der Waals surface area contributed by atoms with E-state index in [1.807, 2.05) is 12.1 Å². The van der Waals surface area contributed by atoms with Crippen molar-refractivity contribution in [3.63, 3.8) is 0 Å². The van der Waals surface area contributed by atoms with Crippen molar-refractivity contribution in [3.8, 4) is 11.5 Å². The molecule has 0 aliphatic rings. The fourth-order valence-corrected chi connectivity index (χ4v) is 2.85. The van der Waals surface area contributed by atoms with Crippen LogP contribution in [0.5, 0.6) is 11.5 Å². The number of aromatic nitrogens is 1.